The third-order valence-corrected chi connectivity index (χ3v) is 3.82. The van der Waals surface area contributed by atoms with Gasteiger partial charge in [0.15, 0.2) is 0 Å². The summed E-state index contributed by atoms with van der Waals surface area (Å²) in [5, 5.41) is 0. The average Bonchev–Trinajstić information content (AvgIpc) is 2.52. The molecule has 0 spiro atoms. The van der Waals surface area contributed by atoms with E-state index in [0.717, 1.165) is 44.2 Å². The second-order valence-electron chi connectivity index (χ2n) is 4.73. The van der Waals surface area contributed by atoms with Crippen LogP contribution in [0.3, 0.4) is 0 Å². The van der Waals surface area contributed by atoms with E-state index in [4.69, 9.17) is 27.9 Å². The van der Waals surface area contributed by atoms with Crippen LogP contribution in [-0.4, -0.2) is 56.0 Å². The molecule has 3 nitrogen and oxygen atoms in total. The average molecular weight is 406 g/mol. The van der Waals surface area contributed by atoms with Crippen molar-refractivity contribution in [2.45, 2.75) is 13.8 Å². The van der Waals surface area contributed by atoms with Crippen molar-refractivity contribution in [3.63, 3.8) is 0 Å². The summed E-state index contributed by atoms with van der Waals surface area (Å²) in [6.45, 7) is 9.73. The molecule has 0 N–H and O–H groups in total. The third kappa shape index (κ3) is 9.73. The minimum Gasteiger partial charge on any atom is -0.492 e. The van der Waals surface area contributed by atoms with Crippen LogP contribution in [0.15, 0.2) is 24.3 Å². The Bertz CT molecular complexity index is 369. The highest BCUT2D eigenvalue weighted by atomic mass is 35.5. The quantitative estimate of drug-likeness (QED) is 0.502. The van der Waals surface area contributed by atoms with Gasteiger partial charge in [0, 0.05) is 37.1 Å². The van der Waals surface area contributed by atoms with Crippen LogP contribution in [0.25, 0.3) is 0 Å². The number of rotatable bonds is 11. The van der Waals surface area contributed by atoms with Crippen LogP contribution >= 0.6 is 48.0 Å². The maximum absolute atomic E-state index is 5.82. The van der Waals surface area contributed by atoms with Gasteiger partial charge in [0.1, 0.15) is 12.4 Å². The lowest BCUT2D eigenvalue weighted by Gasteiger charge is -2.23. The Balaban J connectivity index is 0. The van der Waals surface area contributed by atoms with Crippen molar-refractivity contribution in [1.82, 2.24) is 4.90 Å². The molecule has 0 aliphatic rings. The van der Waals surface area contributed by atoms with E-state index in [2.05, 4.69) is 35.8 Å². The minimum absolute atomic E-state index is 0. The Morgan fingerprint density at radius 3 is 1.83 bits per heavy atom. The second-order valence-corrected chi connectivity index (χ2v) is 5.49. The molecule has 0 heterocycles. The summed E-state index contributed by atoms with van der Waals surface area (Å²) < 4.78 is 5.78. The van der Waals surface area contributed by atoms with Crippen molar-refractivity contribution in [3.8, 4) is 5.75 Å². The molecule has 0 bridgehead atoms. The van der Waals surface area contributed by atoms with Gasteiger partial charge in [-0.1, -0.05) is 13.8 Å². The molecule has 1 aromatic rings. The second kappa shape index (κ2) is 15.5. The molecule has 0 atom stereocenters. The van der Waals surface area contributed by atoms with Gasteiger partial charge in [0.25, 0.3) is 0 Å². The van der Waals surface area contributed by atoms with E-state index in [1.54, 1.807) is 0 Å². The molecule has 0 aromatic heterocycles. The summed E-state index contributed by atoms with van der Waals surface area (Å²) in [5.41, 5.74) is 1.13. The third-order valence-electron chi connectivity index (χ3n) is 3.48. The van der Waals surface area contributed by atoms with E-state index in [1.807, 2.05) is 12.1 Å². The van der Waals surface area contributed by atoms with Crippen molar-refractivity contribution in [2.24, 2.45) is 0 Å². The van der Waals surface area contributed by atoms with Crippen molar-refractivity contribution < 1.29 is 4.74 Å². The molecule has 0 radical (unpaired) electrons. The van der Waals surface area contributed by atoms with E-state index in [0.29, 0.717) is 18.4 Å². The normalized spacial score (nSPS) is 9.96. The molecule has 1 rings (SSSR count). The molecule has 0 saturated heterocycles. The zero-order valence-electron chi connectivity index (χ0n) is 13.8. The Labute approximate surface area is 163 Å². The van der Waals surface area contributed by atoms with Gasteiger partial charge in [-0.2, -0.15) is 0 Å². The lowest BCUT2D eigenvalue weighted by atomic mass is 10.2. The number of alkyl halides is 2. The van der Waals surface area contributed by atoms with Crippen molar-refractivity contribution in [3.05, 3.63) is 24.3 Å². The van der Waals surface area contributed by atoms with Gasteiger partial charge in [-0.15, -0.1) is 48.0 Å². The number of anilines is 1. The van der Waals surface area contributed by atoms with Gasteiger partial charge in [0.2, 0.25) is 0 Å². The molecule has 0 aliphatic heterocycles. The molecule has 0 fully saturated rings. The molecular formula is C16H28Cl4N2O. The standard InChI is InChI=1S/C16H26Cl2N2O.2ClH/c1-3-19(4-2)13-14-21-16-7-5-15(6-8-16)20(11-9-17)12-10-18;;/h5-8H,3-4,9-14H2,1-2H3;2*1H. The molecule has 0 unspecified atom stereocenters. The first-order chi connectivity index (χ1) is 10.2. The summed E-state index contributed by atoms with van der Waals surface area (Å²) in [7, 11) is 0. The predicted octanol–water partition coefficient (Wildman–Crippen LogP) is 4.53. The summed E-state index contributed by atoms with van der Waals surface area (Å²) in [6.07, 6.45) is 0. The first-order valence-corrected chi connectivity index (χ1v) is 8.64. The maximum Gasteiger partial charge on any atom is 0.119 e. The minimum atomic E-state index is 0. The zero-order valence-corrected chi connectivity index (χ0v) is 17.0. The Morgan fingerprint density at radius 1 is 0.870 bits per heavy atom. The van der Waals surface area contributed by atoms with Gasteiger partial charge in [-0.05, 0) is 37.4 Å². The van der Waals surface area contributed by atoms with Crippen LogP contribution < -0.4 is 9.64 Å². The first kappa shape index (κ1) is 25.2. The Kier molecular flexibility index (Phi) is 16.9. The summed E-state index contributed by atoms with van der Waals surface area (Å²) in [5.74, 6) is 2.10. The monoisotopic (exact) mass is 404 g/mol. The van der Waals surface area contributed by atoms with Gasteiger partial charge in [-0.25, -0.2) is 0 Å². The highest BCUT2D eigenvalue weighted by molar-refractivity contribution is 6.18. The van der Waals surface area contributed by atoms with E-state index >= 15 is 0 Å². The lowest BCUT2D eigenvalue weighted by Crippen LogP contribution is -2.28. The highest BCUT2D eigenvalue weighted by Crippen LogP contribution is 2.19. The first-order valence-electron chi connectivity index (χ1n) is 7.57. The van der Waals surface area contributed by atoms with Crippen LogP contribution in [0.5, 0.6) is 5.75 Å². The topological polar surface area (TPSA) is 15.7 Å². The van der Waals surface area contributed by atoms with Crippen molar-refractivity contribution in [1.29, 1.82) is 0 Å². The van der Waals surface area contributed by atoms with Crippen molar-refractivity contribution >= 4 is 53.7 Å². The number of nitrogens with zero attached hydrogens (tertiary/aromatic N) is 2. The molecule has 0 amide bonds. The number of hydrogen-bond acceptors (Lipinski definition) is 3. The zero-order chi connectivity index (χ0) is 15.5. The smallest absolute Gasteiger partial charge is 0.119 e. The fourth-order valence-electron chi connectivity index (χ4n) is 2.16. The van der Waals surface area contributed by atoms with Crippen LogP contribution in [0.2, 0.25) is 0 Å². The maximum atomic E-state index is 5.82. The summed E-state index contributed by atoms with van der Waals surface area (Å²) in [4.78, 5) is 4.52. The number of benzene rings is 1. The molecule has 23 heavy (non-hydrogen) atoms. The van der Waals surface area contributed by atoms with Gasteiger partial charge < -0.3 is 14.5 Å². The summed E-state index contributed by atoms with van der Waals surface area (Å²) >= 11 is 11.6. The number of ether oxygens (including phenoxy) is 1. The van der Waals surface area contributed by atoms with Gasteiger partial charge >= 0.3 is 0 Å². The molecule has 136 valence electrons. The fourth-order valence-corrected chi connectivity index (χ4v) is 2.57. The SMILES string of the molecule is CCN(CC)CCOc1ccc(N(CCCl)CCCl)cc1.Cl.Cl. The Morgan fingerprint density at radius 2 is 1.39 bits per heavy atom. The number of halogens is 4. The van der Waals surface area contributed by atoms with E-state index in [1.165, 1.54) is 0 Å². The number of likely N-dealkylation sites (N-methyl/N-ethyl adjacent to an activating group) is 1. The predicted molar refractivity (Wildman–Crippen MR) is 108 cm³/mol. The molecule has 7 heteroatoms. The van der Waals surface area contributed by atoms with E-state index in [-0.39, 0.29) is 24.8 Å². The van der Waals surface area contributed by atoms with E-state index < -0.39 is 0 Å². The Hall–Kier alpha value is -0.0600. The lowest BCUT2D eigenvalue weighted by molar-refractivity contribution is 0.223. The van der Waals surface area contributed by atoms with Gasteiger partial charge in [0.05, 0.1) is 0 Å². The van der Waals surface area contributed by atoms with Crippen LogP contribution in [0.4, 0.5) is 5.69 Å². The highest BCUT2D eigenvalue weighted by Gasteiger charge is 2.05. The number of hydrogen-bond donors (Lipinski definition) is 0. The summed E-state index contributed by atoms with van der Waals surface area (Å²) in [6, 6.07) is 8.14. The van der Waals surface area contributed by atoms with Crippen LogP contribution in [0, 0.1) is 0 Å². The van der Waals surface area contributed by atoms with E-state index in [9.17, 15) is 0 Å². The van der Waals surface area contributed by atoms with Crippen molar-refractivity contribution in [2.75, 3.05) is 56.0 Å². The molecule has 0 aliphatic carbocycles. The van der Waals surface area contributed by atoms with Crippen LogP contribution in [0.1, 0.15) is 13.8 Å². The van der Waals surface area contributed by atoms with Gasteiger partial charge in [-0.3, -0.25) is 0 Å². The van der Waals surface area contributed by atoms with Crippen LogP contribution in [-0.2, 0) is 0 Å². The molecule has 0 saturated carbocycles. The molecular weight excluding hydrogens is 378 g/mol. The molecule has 1 aromatic carbocycles. The largest absolute Gasteiger partial charge is 0.492 e. The fraction of sp³-hybridized carbons (Fsp3) is 0.625.